The van der Waals surface area contributed by atoms with E-state index in [-0.39, 0.29) is 16.0 Å². The number of aromatic nitrogens is 2. The first-order chi connectivity index (χ1) is 8.49. The van der Waals surface area contributed by atoms with Crippen LogP contribution in [0, 0.1) is 10.1 Å². The highest BCUT2D eigenvalue weighted by molar-refractivity contribution is 9.10. The largest absolute Gasteiger partial charge is 0.492 e. The molecule has 0 atom stereocenters. The van der Waals surface area contributed by atoms with Crippen LogP contribution >= 0.6 is 15.9 Å². The summed E-state index contributed by atoms with van der Waals surface area (Å²) in [5.74, 6) is -0.303. The average molecular weight is 312 g/mol. The van der Waals surface area contributed by atoms with Gasteiger partial charge in [0, 0.05) is 17.7 Å². The van der Waals surface area contributed by atoms with Crippen molar-refractivity contribution < 1.29 is 10.0 Å². The molecule has 0 aliphatic rings. The van der Waals surface area contributed by atoms with Crippen molar-refractivity contribution in [2.45, 2.75) is 0 Å². The van der Waals surface area contributed by atoms with Gasteiger partial charge in [-0.3, -0.25) is 14.9 Å². The lowest BCUT2D eigenvalue weighted by atomic mass is 10.2. The maximum Gasteiger partial charge on any atom is 0.269 e. The molecule has 0 unspecified atom stereocenters. The summed E-state index contributed by atoms with van der Waals surface area (Å²) in [6.45, 7) is 0. The van der Waals surface area contributed by atoms with Crippen LogP contribution in [0.1, 0.15) is 0 Å². The molecule has 2 N–H and O–H groups in total. The molecule has 0 saturated carbocycles. The summed E-state index contributed by atoms with van der Waals surface area (Å²) in [5.41, 5.74) is -0.140. The predicted molar refractivity (Wildman–Crippen MR) is 66.3 cm³/mol. The second kappa shape index (κ2) is 4.57. The first-order valence-electron chi connectivity index (χ1n) is 4.72. The first kappa shape index (κ1) is 12.2. The van der Waals surface area contributed by atoms with Crippen LogP contribution in [0.2, 0.25) is 0 Å². The summed E-state index contributed by atoms with van der Waals surface area (Å²) in [5, 5.41) is 19.9. The molecule has 1 aromatic heterocycles. The monoisotopic (exact) mass is 311 g/mol. The van der Waals surface area contributed by atoms with E-state index in [2.05, 4.69) is 25.9 Å². The number of nitro groups is 1. The van der Waals surface area contributed by atoms with E-state index in [0.29, 0.717) is 5.56 Å². The Morgan fingerprint density at radius 1 is 1.33 bits per heavy atom. The van der Waals surface area contributed by atoms with Gasteiger partial charge in [0.15, 0.2) is 0 Å². The van der Waals surface area contributed by atoms with Crippen molar-refractivity contribution in [1.82, 2.24) is 9.97 Å². The number of nitrogens with one attached hydrogen (secondary N) is 1. The second-order valence-corrected chi connectivity index (χ2v) is 4.15. The number of halogens is 1. The van der Waals surface area contributed by atoms with Gasteiger partial charge in [0.25, 0.3) is 11.2 Å². The number of hydrogen-bond donors (Lipinski definition) is 2. The highest BCUT2D eigenvalue weighted by Crippen LogP contribution is 2.22. The topological polar surface area (TPSA) is 109 Å². The third kappa shape index (κ3) is 2.23. The Balaban J connectivity index is 2.49. The number of rotatable bonds is 2. The lowest BCUT2D eigenvalue weighted by molar-refractivity contribution is -0.384. The smallest absolute Gasteiger partial charge is 0.269 e. The molecule has 1 aromatic carbocycles. The Hall–Kier alpha value is -2.22. The van der Waals surface area contributed by atoms with Gasteiger partial charge in [-0.15, -0.1) is 0 Å². The van der Waals surface area contributed by atoms with Crippen molar-refractivity contribution in [2.24, 2.45) is 0 Å². The summed E-state index contributed by atoms with van der Waals surface area (Å²) in [6, 6.07) is 5.44. The van der Waals surface area contributed by atoms with E-state index in [1.807, 2.05) is 0 Å². The summed E-state index contributed by atoms with van der Waals surface area (Å²) < 4.78 is -0.0619. The molecule has 0 saturated heterocycles. The highest BCUT2D eigenvalue weighted by Gasteiger charge is 2.10. The number of nitrogens with zero attached hydrogens (tertiary/aromatic N) is 2. The number of benzene rings is 1. The van der Waals surface area contributed by atoms with Crippen molar-refractivity contribution in [2.75, 3.05) is 0 Å². The summed E-state index contributed by atoms with van der Waals surface area (Å²) >= 11 is 2.87. The molecule has 2 rings (SSSR count). The highest BCUT2D eigenvalue weighted by atomic mass is 79.9. The minimum atomic E-state index is -0.532. The average Bonchev–Trinajstić information content (AvgIpc) is 2.35. The Morgan fingerprint density at radius 2 is 1.94 bits per heavy atom. The van der Waals surface area contributed by atoms with E-state index in [1.165, 1.54) is 24.3 Å². The number of non-ortho nitro benzene ring substituents is 1. The molecule has 0 aliphatic heterocycles. The van der Waals surface area contributed by atoms with Gasteiger partial charge in [0.1, 0.15) is 10.3 Å². The molecular weight excluding hydrogens is 306 g/mol. The molecule has 0 aliphatic carbocycles. The molecule has 92 valence electrons. The van der Waals surface area contributed by atoms with Crippen LogP contribution in [0.3, 0.4) is 0 Å². The fourth-order valence-electron chi connectivity index (χ4n) is 1.32. The molecule has 0 fully saturated rings. The Bertz CT molecular complexity index is 666. The van der Waals surface area contributed by atoms with E-state index in [4.69, 9.17) is 0 Å². The lowest BCUT2D eigenvalue weighted by Gasteiger charge is -2.02. The van der Waals surface area contributed by atoms with Crippen LogP contribution < -0.4 is 5.56 Å². The summed E-state index contributed by atoms with van der Waals surface area (Å²) in [7, 11) is 0. The third-order valence-corrected chi connectivity index (χ3v) is 2.91. The van der Waals surface area contributed by atoms with Crippen molar-refractivity contribution in [3.05, 3.63) is 49.2 Å². The molecule has 0 bridgehead atoms. The number of H-pyrrole nitrogens is 1. The van der Waals surface area contributed by atoms with E-state index < -0.39 is 16.4 Å². The number of aromatic hydroxyl groups is 1. The van der Waals surface area contributed by atoms with E-state index in [0.717, 1.165) is 0 Å². The van der Waals surface area contributed by atoms with Gasteiger partial charge >= 0.3 is 0 Å². The molecule has 7 nitrogen and oxygen atoms in total. The zero-order valence-electron chi connectivity index (χ0n) is 8.75. The van der Waals surface area contributed by atoms with Crippen molar-refractivity contribution in [1.29, 1.82) is 0 Å². The van der Waals surface area contributed by atoms with Crippen molar-refractivity contribution >= 4 is 21.6 Å². The van der Waals surface area contributed by atoms with Gasteiger partial charge in [-0.25, -0.2) is 0 Å². The standard InChI is InChI=1S/C10H6BrN3O4/c11-7-9(15)12-8(13-10(7)16)5-1-3-6(4-2-5)14(17)18/h1-4H,(H2,12,13,15,16). The Morgan fingerprint density at radius 3 is 2.44 bits per heavy atom. The van der Waals surface area contributed by atoms with Crippen LogP contribution in [0.15, 0.2) is 33.5 Å². The van der Waals surface area contributed by atoms with Crippen LogP contribution in [0.25, 0.3) is 11.4 Å². The van der Waals surface area contributed by atoms with E-state index in [1.54, 1.807) is 0 Å². The quantitative estimate of drug-likeness (QED) is 0.649. The predicted octanol–water partition coefficient (Wildman–Crippen LogP) is 1.81. The zero-order valence-corrected chi connectivity index (χ0v) is 10.3. The van der Waals surface area contributed by atoms with Gasteiger partial charge in [-0.05, 0) is 28.1 Å². The maximum atomic E-state index is 11.4. The van der Waals surface area contributed by atoms with Gasteiger partial charge in [-0.1, -0.05) is 0 Å². The Kier molecular flexibility index (Phi) is 3.11. The molecule has 1 heterocycles. The van der Waals surface area contributed by atoms with Crippen molar-refractivity contribution in [3.63, 3.8) is 0 Å². The SMILES string of the molecule is O=c1[nH]c(-c2ccc([N+](=O)[O-])cc2)nc(O)c1Br. The van der Waals surface area contributed by atoms with Gasteiger partial charge in [0.2, 0.25) is 5.88 Å². The number of aromatic amines is 1. The van der Waals surface area contributed by atoms with Crippen LogP contribution in [0.4, 0.5) is 5.69 Å². The minimum Gasteiger partial charge on any atom is -0.492 e. The van der Waals surface area contributed by atoms with E-state index in [9.17, 15) is 20.0 Å². The van der Waals surface area contributed by atoms with Crippen LogP contribution in [0.5, 0.6) is 5.88 Å². The van der Waals surface area contributed by atoms with Crippen LogP contribution in [-0.2, 0) is 0 Å². The van der Waals surface area contributed by atoms with Gasteiger partial charge < -0.3 is 10.1 Å². The Labute approximate surface area is 108 Å². The molecular formula is C10H6BrN3O4. The normalized spacial score (nSPS) is 10.3. The molecule has 0 radical (unpaired) electrons. The second-order valence-electron chi connectivity index (χ2n) is 3.36. The van der Waals surface area contributed by atoms with Gasteiger partial charge in [-0.2, -0.15) is 4.98 Å². The van der Waals surface area contributed by atoms with Crippen LogP contribution in [-0.4, -0.2) is 20.0 Å². The lowest BCUT2D eigenvalue weighted by Crippen LogP contribution is -2.09. The fourth-order valence-corrected chi connectivity index (χ4v) is 1.51. The molecule has 8 heteroatoms. The van der Waals surface area contributed by atoms with Gasteiger partial charge in [0.05, 0.1) is 4.92 Å². The number of hydrogen-bond acceptors (Lipinski definition) is 5. The zero-order chi connectivity index (χ0) is 13.3. The summed E-state index contributed by atoms with van der Waals surface area (Å²) in [4.78, 5) is 27.6. The number of nitro benzene ring substituents is 1. The molecule has 0 amide bonds. The summed E-state index contributed by atoms with van der Waals surface area (Å²) in [6.07, 6.45) is 0. The molecule has 0 spiro atoms. The minimum absolute atomic E-state index is 0.0619. The first-order valence-corrected chi connectivity index (χ1v) is 5.52. The third-order valence-electron chi connectivity index (χ3n) is 2.20. The van der Waals surface area contributed by atoms with E-state index >= 15 is 0 Å². The fraction of sp³-hybridized carbons (Fsp3) is 0. The molecule has 18 heavy (non-hydrogen) atoms. The van der Waals surface area contributed by atoms with Crippen molar-refractivity contribution in [3.8, 4) is 17.3 Å². The maximum absolute atomic E-state index is 11.4. The molecule has 2 aromatic rings.